The monoisotopic (exact) mass is 263 g/mol. The van der Waals surface area contributed by atoms with Gasteiger partial charge in [-0.05, 0) is 37.1 Å². The molecule has 1 aliphatic heterocycles. The van der Waals surface area contributed by atoms with E-state index < -0.39 is 0 Å². The van der Waals surface area contributed by atoms with Gasteiger partial charge in [0.1, 0.15) is 0 Å². The first-order valence-corrected chi connectivity index (χ1v) is 7.42. The minimum absolute atomic E-state index is 0.495. The molecule has 1 unspecified atom stereocenters. The van der Waals surface area contributed by atoms with Crippen molar-refractivity contribution in [2.24, 2.45) is 4.99 Å². The Bertz CT molecular complexity index is 412. The summed E-state index contributed by atoms with van der Waals surface area (Å²) in [5, 5.41) is 4.47. The zero-order chi connectivity index (χ0) is 13.0. The number of hydrogen-bond acceptors (Lipinski definition) is 4. The van der Waals surface area contributed by atoms with Crippen molar-refractivity contribution in [2.75, 3.05) is 30.1 Å². The van der Waals surface area contributed by atoms with Crippen LogP contribution in [0.25, 0.3) is 0 Å². The van der Waals surface area contributed by atoms with E-state index in [0.29, 0.717) is 6.04 Å². The number of anilines is 2. The second-order valence-corrected chi connectivity index (χ2v) is 5.78. The van der Waals surface area contributed by atoms with Crippen LogP contribution in [0, 0.1) is 0 Å². The molecule has 0 saturated carbocycles. The van der Waals surface area contributed by atoms with Crippen molar-refractivity contribution in [3.8, 4) is 0 Å². The van der Waals surface area contributed by atoms with Gasteiger partial charge in [0.15, 0.2) is 5.17 Å². The zero-order valence-corrected chi connectivity index (χ0v) is 12.1. The van der Waals surface area contributed by atoms with E-state index in [2.05, 4.69) is 55.5 Å². The molecule has 1 aromatic carbocycles. The molecule has 0 bridgehead atoms. The van der Waals surface area contributed by atoms with Gasteiger partial charge in [-0.15, -0.1) is 0 Å². The van der Waals surface area contributed by atoms with Crippen LogP contribution in [0.2, 0.25) is 0 Å². The molecule has 2 rings (SSSR count). The largest absolute Gasteiger partial charge is 0.378 e. The van der Waals surface area contributed by atoms with E-state index >= 15 is 0 Å². The molecule has 0 radical (unpaired) electrons. The molecule has 0 aromatic heterocycles. The minimum atomic E-state index is 0.495. The van der Waals surface area contributed by atoms with Crippen LogP contribution >= 0.6 is 11.8 Å². The molecule has 1 aromatic rings. The van der Waals surface area contributed by atoms with E-state index in [0.717, 1.165) is 17.3 Å². The third-order valence-electron chi connectivity index (χ3n) is 3.10. The van der Waals surface area contributed by atoms with Gasteiger partial charge in [-0.1, -0.05) is 18.7 Å². The average molecular weight is 263 g/mol. The lowest BCUT2D eigenvalue weighted by atomic mass is 10.2. The molecule has 0 spiro atoms. The Hall–Kier alpha value is -1.16. The van der Waals surface area contributed by atoms with Gasteiger partial charge in [0.05, 0.1) is 6.04 Å². The summed E-state index contributed by atoms with van der Waals surface area (Å²) in [4.78, 5) is 6.81. The van der Waals surface area contributed by atoms with Gasteiger partial charge >= 0.3 is 0 Å². The third kappa shape index (κ3) is 3.42. The molecular formula is C14H21N3S. The van der Waals surface area contributed by atoms with Crippen LogP contribution in [0.1, 0.15) is 19.8 Å². The molecule has 3 nitrogen and oxygen atoms in total. The first-order chi connectivity index (χ1) is 8.69. The van der Waals surface area contributed by atoms with E-state index in [-0.39, 0.29) is 0 Å². The molecule has 1 atom stereocenters. The highest BCUT2D eigenvalue weighted by atomic mass is 32.2. The lowest BCUT2D eigenvalue weighted by Gasteiger charge is -2.20. The molecule has 0 amide bonds. The molecule has 18 heavy (non-hydrogen) atoms. The number of amidine groups is 1. The fraction of sp³-hybridized carbons (Fsp3) is 0.500. The maximum atomic E-state index is 4.71. The van der Waals surface area contributed by atoms with Gasteiger partial charge in [-0.3, -0.25) is 4.99 Å². The van der Waals surface area contributed by atoms with Gasteiger partial charge in [0.2, 0.25) is 0 Å². The van der Waals surface area contributed by atoms with Crippen molar-refractivity contribution < 1.29 is 0 Å². The van der Waals surface area contributed by atoms with Crippen molar-refractivity contribution in [3.05, 3.63) is 24.3 Å². The summed E-state index contributed by atoms with van der Waals surface area (Å²) in [6.45, 7) is 2.20. The van der Waals surface area contributed by atoms with Crippen molar-refractivity contribution in [1.82, 2.24) is 0 Å². The highest BCUT2D eigenvalue weighted by molar-refractivity contribution is 8.14. The summed E-state index contributed by atoms with van der Waals surface area (Å²) in [6.07, 6.45) is 2.33. The van der Waals surface area contributed by atoms with E-state index in [1.165, 1.54) is 17.9 Å². The summed E-state index contributed by atoms with van der Waals surface area (Å²) in [5.74, 6) is 1.17. The maximum absolute atomic E-state index is 4.71. The van der Waals surface area contributed by atoms with Crippen molar-refractivity contribution in [1.29, 1.82) is 0 Å². The van der Waals surface area contributed by atoms with E-state index in [4.69, 9.17) is 4.99 Å². The Balaban J connectivity index is 2.03. The maximum Gasteiger partial charge on any atom is 0.161 e. The lowest BCUT2D eigenvalue weighted by molar-refractivity contribution is 0.634. The molecule has 0 aliphatic carbocycles. The lowest BCUT2D eigenvalue weighted by Crippen LogP contribution is -2.19. The van der Waals surface area contributed by atoms with Gasteiger partial charge in [0, 0.05) is 31.2 Å². The Morgan fingerprint density at radius 2 is 2.06 bits per heavy atom. The molecule has 0 saturated heterocycles. The van der Waals surface area contributed by atoms with Crippen molar-refractivity contribution >= 4 is 28.3 Å². The van der Waals surface area contributed by atoms with E-state index in [9.17, 15) is 0 Å². The van der Waals surface area contributed by atoms with Crippen LogP contribution in [-0.2, 0) is 0 Å². The zero-order valence-electron chi connectivity index (χ0n) is 11.3. The smallest absolute Gasteiger partial charge is 0.161 e. The van der Waals surface area contributed by atoms with Crippen molar-refractivity contribution in [3.63, 3.8) is 0 Å². The summed E-state index contributed by atoms with van der Waals surface area (Å²) < 4.78 is 0. The summed E-state index contributed by atoms with van der Waals surface area (Å²) in [5.41, 5.74) is 2.33. The molecule has 0 fully saturated rings. The van der Waals surface area contributed by atoms with Gasteiger partial charge in [-0.2, -0.15) is 0 Å². The molecule has 4 heteroatoms. The molecule has 1 aliphatic rings. The fourth-order valence-corrected chi connectivity index (χ4v) is 2.89. The highest BCUT2D eigenvalue weighted by Gasteiger charge is 2.13. The standard InChI is InChI=1S/C14H21N3S/c1-4-11-9-10-18-14(15-11)16-12-5-7-13(8-6-12)17(2)3/h5-8,11H,4,9-10H2,1-3H3,(H,15,16). The minimum Gasteiger partial charge on any atom is -0.378 e. The number of benzene rings is 1. The average Bonchev–Trinajstić information content (AvgIpc) is 2.39. The first kappa shape index (κ1) is 13.3. The first-order valence-electron chi connectivity index (χ1n) is 6.44. The van der Waals surface area contributed by atoms with Gasteiger partial charge < -0.3 is 10.2 Å². The Morgan fingerprint density at radius 1 is 1.33 bits per heavy atom. The summed E-state index contributed by atoms with van der Waals surface area (Å²) in [6, 6.07) is 8.94. The van der Waals surface area contributed by atoms with Gasteiger partial charge in [-0.25, -0.2) is 0 Å². The Labute approximate surface area is 114 Å². The third-order valence-corrected chi connectivity index (χ3v) is 4.02. The van der Waals surface area contributed by atoms with Crippen LogP contribution in [-0.4, -0.2) is 31.1 Å². The van der Waals surface area contributed by atoms with Crippen LogP contribution in [0.15, 0.2) is 29.3 Å². The van der Waals surface area contributed by atoms with Crippen molar-refractivity contribution in [2.45, 2.75) is 25.8 Å². The van der Waals surface area contributed by atoms with Crippen LogP contribution in [0.4, 0.5) is 11.4 Å². The predicted molar refractivity (Wildman–Crippen MR) is 83.0 cm³/mol. The Morgan fingerprint density at radius 3 is 2.67 bits per heavy atom. The normalized spacial score (nSPS) is 19.3. The van der Waals surface area contributed by atoms with Crippen LogP contribution in [0.5, 0.6) is 0 Å². The molecular weight excluding hydrogens is 242 g/mol. The van der Waals surface area contributed by atoms with Crippen LogP contribution in [0.3, 0.4) is 0 Å². The second kappa shape index (κ2) is 6.14. The van der Waals surface area contributed by atoms with E-state index in [1.807, 2.05) is 11.8 Å². The number of hydrogen-bond donors (Lipinski definition) is 1. The number of nitrogens with one attached hydrogen (secondary N) is 1. The predicted octanol–water partition coefficient (Wildman–Crippen LogP) is 3.44. The SMILES string of the molecule is CCC1CCSC(Nc2ccc(N(C)C)cc2)=N1. The molecule has 1 heterocycles. The van der Waals surface area contributed by atoms with E-state index in [1.54, 1.807) is 0 Å². The fourth-order valence-electron chi connectivity index (χ4n) is 1.89. The van der Waals surface area contributed by atoms with Gasteiger partial charge in [0.25, 0.3) is 0 Å². The number of thioether (sulfide) groups is 1. The number of nitrogens with zero attached hydrogens (tertiary/aromatic N) is 2. The summed E-state index contributed by atoms with van der Waals surface area (Å²) >= 11 is 1.82. The Kier molecular flexibility index (Phi) is 4.53. The quantitative estimate of drug-likeness (QED) is 0.905. The number of rotatable bonds is 3. The molecule has 1 N–H and O–H groups in total. The second-order valence-electron chi connectivity index (χ2n) is 4.70. The molecule has 98 valence electrons. The number of aliphatic imine (C=N–C) groups is 1. The summed E-state index contributed by atoms with van der Waals surface area (Å²) in [7, 11) is 4.10. The topological polar surface area (TPSA) is 27.6 Å². The van der Waals surface area contributed by atoms with Crippen LogP contribution < -0.4 is 10.2 Å². The highest BCUT2D eigenvalue weighted by Crippen LogP contribution is 2.22.